The van der Waals surface area contributed by atoms with Gasteiger partial charge in [0, 0.05) is 63.6 Å². The Balaban J connectivity index is 1.32. The van der Waals surface area contributed by atoms with Gasteiger partial charge in [-0.1, -0.05) is 164 Å². The van der Waals surface area contributed by atoms with E-state index in [4.69, 9.17) is 0 Å². The Morgan fingerprint density at radius 3 is 1.63 bits per heavy atom. The predicted molar refractivity (Wildman–Crippen MR) is 298 cm³/mol. The lowest BCUT2D eigenvalue weighted by Gasteiger charge is -2.26. The summed E-state index contributed by atoms with van der Waals surface area (Å²) in [6.45, 7) is 13.8. The molecular weight excluding hydrogens is 889 g/mol. The molecule has 0 saturated carbocycles. The number of nitriles is 1. The van der Waals surface area contributed by atoms with Crippen LogP contribution >= 0.6 is 22.7 Å². The summed E-state index contributed by atoms with van der Waals surface area (Å²) in [7, 11) is 0. The van der Waals surface area contributed by atoms with Gasteiger partial charge < -0.3 is 9.13 Å². The highest BCUT2D eigenvalue weighted by Crippen LogP contribution is 2.56. The molecule has 0 aliphatic carbocycles. The largest absolute Gasteiger partial charge is 0.318 e. The molecule has 0 saturated heterocycles. The second kappa shape index (κ2) is 15.4. The van der Waals surface area contributed by atoms with E-state index < -0.39 is 0 Å². The molecule has 0 spiro atoms. The van der Waals surface area contributed by atoms with Crippen LogP contribution < -0.4 is 0 Å². The Bertz CT molecular complexity index is 4550. The Morgan fingerprint density at radius 2 is 0.986 bits per heavy atom. The van der Waals surface area contributed by atoms with Crippen molar-refractivity contribution in [1.29, 1.82) is 5.26 Å². The maximum atomic E-state index is 12.2. The SMILES string of the molecule is [C-]#[N+]c1c(-c2ccccc2)c(C#N)c(-n2c3c(ccc4c5ccccc5sc43)c3cc(-c4c(C)cccc4C)c4c5ccccc5sc4c32)c(-c2ccccc2)c1-n1c2ccccc2c2ccccc21. The van der Waals surface area contributed by atoms with Crippen LogP contribution in [0.4, 0.5) is 5.69 Å². The topological polar surface area (TPSA) is 38.0 Å². The van der Waals surface area contributed by atoms with Crippen molar-refractivity contribution in [1.82, 2.24) is 9.13 Å². The van der Waals surface area contributed by atoms with Crippen LogP contribution in [0.3, 0.4) is 0 Å². The first kappa shape index (κ1) is 40.3. The molecular formula is C64H38N4S2. The van der Waals surface area contributed by atoms with Crippen molar-refractivity contribution < 1.29 is 0 Å². The number of hydrogen-bond acceptors (Lipinski definition) is 3. The Morgan fingerprint density at radius 1 is 0.457 bits per heavy atom. The van der Waals surface area contributed by atoms with E-state index in [1.165, 1.54) is 53.2 Å². The highest BCUT2D eigenvalue weighted by molar-refractivity contribution is 7.27. The molecule has 4 aromatic heterocycles. The third kappa shape index (κ3) is 5.55. The van der Waals surface area contributed by atoms with E-state index in [0.717, 1.165) is 81.1 Å². The number of fused-ring (bicyclic) bond motifs is 14. The molecule has 0 aliphatic heterocycles. The number of benzene rings is 10. The quantitative estimate of drug-likeness (QED) is 0.159. The first-order valence-electron chi connectivity index (χ1n) is 23.4. The number of nitrogens with zero attached hydrogens (tertiary/aromatic N) is 4. The summed E-state index contributed by atoms with van der Waals surface area (Å²) >= 11 is 3.63. The van der Waals surface area contributed by atoms with Crippen LogP contribution in [0.25, 0.3) is 134 Å². The highest BCUT2D eigenvalue weighted by Gasteiger charge is 2.33. The molecule has 0 radical (unpaired) electrons. The lowest BCUT2D eigenvalue weighted by atomic mass is 9.88. The van der Waals surface area contributed by atoms with Crippen LogP contribution in [-0.4, -0.2) is 9.13 Å². The van der Waals surface area contributed by atoms with Crippen molar-refractivity contribution >= 4 is 112 Å². The smallest absolute Gasteiger partial charge is 0.220 e. The molecule has 0 fully saturated rings. The van der Waals surface area contributed by atoms with Gasteiger partial charge in [-0.05, 0) is 77.6 Å². The number of hydrogen-bond donors (Lipinski definition) is 0. The summed E-state index contributed by atoms with van der Waals surface area (Å²) in [4.78, 5) is 4.55. The third-order valence-corrected chi connectivity index (χ3v) is 16.8. The van der Waals surface area contributed by atoms with Crippen LogP contribution in [0.1, 0.15) is 16.7 Å². The summed E-state index contributed by atoms with van der Waals surface area (Å²) in [5, 5.41) is 21.4. The molecule has 4 nitrogen and oxygen atoms in total. The fourth-order valence-electron chi connectivity index (χ4n) is 11.6. The summed E-state index contributed by atoms with van der Waals surface area (Å²) in [5.41, 5.74) is 14.5. The Hall–Kier alpha value is -8.78. The van der Waals surface area contributed by atoms with Crippen molar-refractivity contribution in [2.24, 2.45) is 0 Å². The van der Waals surface area contributed by atoms with E-state index in [9.17, 15) is 11.8 Å². The standard InChI is InChI=1S/C64H38N4S2/c1-37-19-18-20-38(2)54(37)48-35-47-44-33-34-45-43-27-12-16-31-52(43)69-63(45)60(44)68(61(47)64-57(48)46-28-13-17-32-53(46)70-64)59-49(36-65)55(39-21-6-4-7-22-39)58(66-3)62(56(59)40-23-8-5-9-24-40)67-50-29-14-10-25-41(50)42-26-11-15-30-51(42)67/h4-35H,1-2H3. The summed E-state index contributed by atoms with van der Waals surface area (Å²) < 4.78 is 9.47. The zero-order valence-electron chi connectivity index (χ0n) is 38.1. The summed E-state index contributed by atoms with van der Waals surface area (Å²) in [6, 6.07) is 71.6. The van der Waals surface area contributed by atoms with Crippen molar-refractivity contribution in [3.63, 3.8) is 0 Å². The molecule has 6 heteroatoms. The van der Waals surface area contributed by atoms with Gasteiger partial charge in [0.2, 0.25) is 5.69 Å². The van der Waals surface area contributed by atoms with Crippen LogP contribution in [0, 0.1) is 31.8 Å². The lowest BCUT2D eigenvalue weighted by Crippen LogP contribution is -2.09. The molecule has 10 aromatic carbocycles. The average Bonchev–Trinajstić information content (AvgIpc) is 4.16. The van der Waals surface area contributed by atoms with E-state index in [2.05, 4.69) is 192 Å². The van der Waals surface area contributed by atoms with Crippen molar-refractivity contribution in [2.45, 2.75) is 13.8 Å². The van der Waals surface area contributed by atoms with E-state index in [1.807, 2.05) is 47.7 Å². The Kier molecular flexibility index (Phi) is 8.85. The van der Waals surface area contributed by atoms with Crippen LogP contribution in [0.2, 0.25) is 0 Å². The van der Waals surface area contributed by atoms with E-state index in [0.29, 0.717) is 16.8 Å². The van der Waals surface area contributed by atoms with Gasteiger partial charge in [0.05, 0.1) is 55.0 Å². The van der Waals surface area contributed by atoms with Crippen molar-refractivity contribution in [3.05, 3.63) is 222 Å². The maximum absolute atomic E-state index is 12.2. The fraction of sp³-hybridized carbons (Fsp3) is 0.0312. The molecule has 0 atom stereocenters. The van der Waals surface area contributed by atoms with Gasteiger partial charge in [-0.25, -0.2) is 4.85 Å². The minimum absolute atomic E-state index is 0.425. The minimum atomic E-state index is 0.425. The first-order chi connectivity index (χ1) is 34.5. The first-order valence-corrected chi connectivity index (χ1v) is 25.1. The maximum Gasteiger partial charge on any atom is 0.220 e. The monoisotopic (exact) mass is 926 g/mol. The number of rotatable bonds is 5. The van der Waals surface area contributed by atoms with Crippen molar-refractivity contribution in [3.8, 4) is 50.8 Å². The molecule has 0 bridgehead atoms. The molecule has 14 aromatic rings. The van der Waals surface area contributed by atoms with Gasteiger partial charge in [0.1, 0.15) is 6.07 Å². The fourth-order valence-corrected chi connectivity index (χ4v) is 14.1. The van der Waals surface area contributed by atoms with Crippen LogP contribution in [0.5, 0.6) is 0 Å². The molecule has 70 heavy (non-hydrogen) atoms. The molecule has 0 amide bonds. The van der Waals surface area contributed by atoms with Crippen LogP contribution in [0.15, 0.2) is 194 Å². The van der Waals surface area contributed by atoms with Crippen LogP contribution in [-0.2, 0) is 0 Å². The highest BCUT2D eigenvalue weighted by atomic mass is 32.1. The van der Waals surface area contributed by atoms with Gasteiger partial charge in [-0.3, -0.25) is 0 Å². The average molecular weight is 927 g/mol. The minimum Gasteiger partial charge on any atom is -0.318 e. The number of aromatic nitrogens is 2. The van der Waals surface area contributed by atoms with Gasteiger partial charge in [0.25, 0.3) is 0 Å². The third-order valence-electron chi connectivity index (χ3n) is 14.4. The summed E-state index contributed by atoms with van der Waals surface area (Å²) in [5.74, 6) is 0. The van der Waals surface area contributed by atoms with E-state index in [-0.39, 0.29) is 0 Å². The van der Waals surface area contributed by atoms with Gasteiger partial charge in [-0.15, -0.1) is 22.7 Å². The zero-order chi connectivity index (χ0) is 46.8. The summed E-state index contributed by atoms with van der Waals surface area (Å²) in [6.07, 6.45) is 0. The zero-order valence-corrected chi connectivity index (χ0v) is 39.7. The molecule has 0 unspecified atom stereocenters. The van der Waals surface area contributed by atoms with Gasteiger partial charge >= 0.3 is 0 Å². The van der Waals surface area contributed by atoms with E-state index in [1.54, 1.807) is 11.3 Å². The molecule has 4 heterocycles. The lowest BCUT2D eigenvalue weighted by molar-refractivity contribution is 1.14. The van der Waals surface area contributed by atoms with Gasteiger partial charge in [-0.2, -0.15) is 5.26 Å². The number of aryl methyl sites for hydroxylation is 2. The van der Waals surface area contributed by atoms with Gasteiger partial charge in [0.15, 0.2) is 0 Å². The second-order valence-electron chi connectivity index (χ2n) is 18.2. The molecule has 326 valence electrons. The molecule has 0 N–H and O–H groups in total. The molecule has 14 rings (SSSR count). The second-order valence-corrected chi connectivity index (χ2v) is 20.3. The normalized spacial score (nSPS) is 11.8. The Labute approximate surface area is 411 Å². The predicted octanol–water partition coefficient (Wildman–Crippen LogP) is 18.7. The number of para-hydroxylation sites is 2. The molecule has 0 aliphatic rings. The van der Waals surface area contributed by atoms with E-state index >= 15 is 0 Å². The number of thiophene rings is 2. The van der Waals surface area contributed by atoms with Crippen molar-refractivity contribution in [2.75, 3.05) is 0 Å².